The molecule has 1 rings (SSSR count). The summed E-state index contributed by atoms with van der Waals surface area (Å²) >= 11 is 0. The molecule has 0 spiro atoms. The number of unbranched alkanes of at least 4 members (excludes halogenated alkanes) is 9. The Morgan fingerprint density at radius 2 is 1.67 bits per heavy atom. The fraction of sp³-hybridized carbons (Fsp3) is 0.895. The molecule has 0 bridgehead atoms. The number of aliphatic hydroxyl groups excluding tert-OH is 1. The molecule has 0 aromatic carbocycles. The maximum absolute atomic E-state index is 10.9. The van der Waals surface area contributed by atoms with E-state index in [1.807, 2.05) is 4.90 Å². The van der Waals surface area contributed by atoms with Crippen LogP contribution in [0.2, 0.25) is 0 Å². The van der Waals surface area contributed by atoms with Crippen LogP contribution in [0, 0.1) is 0 Å². The Hall–Kier alpha value is -1.10. The van der Waals surface area contributed by atoms with E-state index in [0.29, 0.717) is 12.4 Å². The fourth-order valence-corrected chi connectivity index (χ4v) is 3.41. The van der Waals surface area contributed by atoms with Crippen LogP contribution in [0.25, 0.3) is 0 Å². The summed E-state index contributed by atoms with van der Waals surface area (Å²) in [5.74, 6) is -0.218. The van der Waals surface area contributed by atoms with Crippen molar-refractivity contribution in [2.45, 2.75) is 90.0 Å². The molecule has 0 radical (unpaired) electrons. The Kier molecular flexibility index (Phi) is 11.5. The number of nitrogens with zero attached hydrogens (tertiary/aromatic N) is 2. The zero-order valence-corrected chi connectivity index (χ0v) is 15.4. The smallest absolute Gasteiger partial charge is 0.310 e. The lowest BCUT2D eigenvalue weighted by molar-refractivity contribution is -0.135. The first kappa shape index (κ1) is 20.9. The van der Waals surface area contributed by atoms with E-state index in [2.05, 4.69) is 11.9 Å². The molecule has 140 valence electrons. The van der Waals surface area contributed by atoms with Crippen LogP contribution in [0.5, 0.6) is 0 Å². The number of aliphatic imine (C=N–C) groups is 1. The maximum Gasteiger partial charge on any atom is 0.310 e. The van der Waals surface area contributed by atoms with Gasteiger partial charge in [-0.3, -0.25) is 9.79 Å². The van der Waals surface area contributed by atoms with Gasteiger partial charge in [-0.2, -0.15) is 0 Å². The van der Waals surface area contributed by atoms with E-state index in [0.717, 1.165) is 19.4 Å². The van der Waals surface area contributed by atoms with Gasteiger partial charge in [0, 0.05) is 6.54 Å². The third-order valence-corrected chi connectivity index (χ3v) is 4.82. The number of carboxylic acid groups (broad SMARTS) is 1. The van der Waals surface area contributed by atoms with Crippen molar-refractivity contribution >= 4 is 11.8 Å². The lowest BCUT2D eigenvalue weighted by Crippen LogP contribution is -2.41. The highest BCUT2D eigenvalue weighted by molar-refractivity contribution is 5.97. The number of hydrogen-bond donors (Lipinski definition) is 2. The van der Waals surface area contributed by atoms with Gasteiger partial charge in [-0.25, -0.2) is 0 Å². The van der Waals surface area contributed by atoms with Crippen molar-refractivity contribution < 1.29 is 15.0 Å². The second kappa shape index (κ2) is 13.2. The zero-order chi connectivity index (χ0) is 17.6. The Bertz CT molecular complexity index is 372. The van der Waals surface area contributed by atoms with Crippen molar-refractivity contribution in [2.75, 3.05) is 19.7 Å². The van der Waals surface area contributed by atoms with E-state index >= 15 is 0 Å². The van der Waals surface area contributed by atoms with E-state index in [1.54, 1.807) is 0 Å². The van der Waals surface area contributed by atoms with Gasteiger partial charge in [0.05, 0.1) is 19.2 Å². The van der Waals surface area contributed by atoms with Crippen LogP contribution in [0.1, 0.15) is 84.0 Å². The van der Waals surface area contributed by atoms with Gasteiger partial charge < -0.3 is 15.1 Å². The lowest BCUT2D eigenvalue weighted by atomic mass is 10.0. The SMILES string of the molecule is CCCCCCCCCCCCC(CO)N1CCN=C1CC(=O)O. The van der Waals surface area contributed by atoms with Crippen molar-refractivity contribution in [3.05, 3.63) is 0 Å². The second-order valence-electron chi connectivity index (χ2n) is 6.87. The minimum Gasteiger partial charge on any atom is -0.481 e. The molecule has 1 unspecified atom stereocenters. The number of aliphatic hydroxyl groups is 1. The molecule has 0 saturated carbocycles. The summed E-state index contributed by atoms with van der Waals surface area (Å²) in [6, 6.07) is 0.0274. The maximum atomic E-state index is 10.9. The molecule has 0 fully saturated rings. The molecule has 1 aliphatic rings. The van der Waals surface area contributed by atoms with Gasteiger partial charge in [0.1, 0.15) is 12.3 Å². The van der Waals surface area contributed by atoms with Crippen LogP contribution < -0.4 is 0 Å². The van der Waals surface area contributed by atoms with Crippen LogP contribution in [0.3, 0.4) is 0 Å². The van der Waals surface area contributed by atoms with Gasteiger partial charge in [0.2, 0.25) is 0 Å². The van der Waals surface area contributed by atoms with Gasteiger partial charge in [-0.05, 0) is 6.42 Å². The highest BCUT2D eigenvalue weighted by Crippen LogP contribution is 2.17. The highest BCUT2D eigenvalue weighted by atomic mass is 16.4. The summed E-state index contributed by atoms with van der Waals surface area (Å²) in [6.45, 7) is 3.72. The van der Waals surface area contributed by atoms with Crippen LogP contribution in [-0.2, 0) is 4.79 Å². The molecule has 0 aliphatic carbocycles. The van der Waals surface area contributed by atoms with Crippen LogP contribution in [-0.4, -0.2) is 52.7 Å². The van der Waals surface area contributed by atoms with Crippen LogP contribution in [0.4, 0.5) is 0 Å². The molecular formula is C19H36N2O3. The molecule has 1 heterocycles. The number of aliphatic carboxylic acids is 1. The third kappa shape index (κ3) is 8.67. The number of amidine groups is 1. The molecule has 5 heteroatoms. The largest absolute Gasteiger partial charge is 0.481 e. The zero-order valence-electron chi connectivity index (χ0n) is 15.4. The summed E-state index contributed by atoms with van der Waals surface area (Å²) in [5, 5.41) is 18.6. The van der Waals surface area contributed by atoms with E-state index in [1.165, 1.54) is 57.8 Å². The standard InChI is InChI=1S/C19H36N2O3/c1-2-3-4-5-6-7-8-9-10-11-12-17(16-22)21-14-13-20-18(21)15-19(23)24/h17,22H,2-16H2,1H3,(H,23,24). The molecule has 1 atom stereocenters. The molecule has 2 N–H and O–H groups in total. The molecule has 0 amide bonds. The van der Waals surface area contributed by atoms with Crippen molar-refractivity contribution in [3.63, 3.8) is 0 Å². The van der Waals surface area contributed by atoms with Crippen LogP contribution in [0.15, 0.2) is 4.99 Å². The minimum absolute atomic E-state index is 0.0274. The summed E-state index contributed by atoms with van der Waals surface area (Å²) in [6.07, 6.45) is 13.9. The molecule has 0 aromatic rings. The predicted octanol–water partition coefficient (Wildman–Crippen LogP) is 3.85. The Morgan fingerprint density at radius 1 is 1.08 bits per heavy atom. The first-order valence-electron chi connectivity index (χ1n) is 9.81. The normalized spacial score (nSPS) is 15.6. The Labute approximate surface area is 147 Å². The summed E-state index contributed by atoms with van der Waals surface area (Å²) in [7, 11) is 0. The number of rotatable bonds is 15. The van der Waals surface area contributed by atoms with Gasteiger partial charge in [-0.1, -0.05) is 71.1 Å². The topological polar surface area (TPSA) is 73.1 Å². The molecule has 1 aliphatic heterocycles. The van der Waals surface area contributed by atoms with Gasteiger partial charge >= 0.3 is 5.97 Å². The van der Waals surface area contributed by atoms with E-state index in [9.17, 15) is 9.90 Å². The molecule has 24 heavy (non-hydrogen) atoms. The van der Waals surface area contributed by atoms with Crippen molar-refractivity contribution in [1.82, 2.24) is 4.90 Å². The Balaban J connectivity index is 2.10. The van der Waals surface area contributed by atoms with Gasteiger partial charge in [0.15, 0.2) is 0 Å². The van der Waals surface area contributed by atoms with E-state index in [-0.39, 0.29) is 19.1 Å². The molecule has 0 saturated heterocycles. The average molecular weight is 341 g/mol. The average Bonchev–Trinajstić information content (AvgIpc) is 3.00. The van der Waals surface area contributed by atoms with Gasteiger partial charge in [0.25, 0.3) is 0 Å². The number of carbonyl (C=O) groups is 1. The Morgan fingerprint density at radius 3 is 2.21 bits per heavy atom. The summed E-state index contributed by atoms with van der Waals surface area (Å²) in [5.41, 5.74) is 0. The van der Waals surface area contributed by atoms with Crippen LogP contribution >= 0.6 is 0 Å². The molecule has 0 aromatic heterocycles. The summed E-state index contributed by atoms with van der Waals surface area (Å²) < 4.78 is 0. The summed E-state index contributed by atoms with van der Waals surface area (Å²) in [4.78, 5) is 17.2. The third-order valence-electron chi connectivity index (χ3n) is 4.82. The van der Waals surface area contributed by atoms with Crippen molar-refractivity contribution in [2.24, 2.45) is 4.99 Å². The lowest BCUT2D eigenvalue weighted by Gasteiger charge is -2.29. The second-order valence-corrected chi connectivity index (χ2v) is 6.87. The monoisotopic (exact) mass is 340 g/mol. The molecular weight excluding hydrogens is 304 g/mol. The minimum atomic E-state index is -0.851. The van der Waals surface area contributed by atoms with E-state index < -0.39 is 5.97 Å². The van der Waals surface area contributed by atoms with Gasteiger partial charge in [-0.15, -0.1) is 0 Å². The first-order chi connectivity index (χ1) is 11.7. The van der Waals surface area contributed by atoms with Crippen molar-refractivity contribution in [3.8, 4) is 0 Å². The number of carboxylic acids is 1. The predicted molar refractivity (Wildman–Crippen MR) is 98.6 cm³/mol. The van der Waals surface area contributed by atoms with E-state index in [4.69, 9.17) is 5.11 Å². The highest BCUT2D eigenvalue weighted by Gasteiger charge is 2.25. The molecule has 5 nitrogen and oxygen atoms in total. The fourth-order valence-electron chi connectivity index (χ4n) is 3.41. The first-order valence-corrected chi connectivity index (χ1v) is 9.81. The van der Waals surface area contributed by atoms with Crippen molar-refractivity contribution in [1.29, 1.82) is 0 Å². The number of hydrogen-bond acceptors (Lipinski definition) is 4. The quantitative estimate of drug-likeness (QED) is 0.444.